The first-order chi connectivity index (χ1) is 19.9. The summed E-state index contributed by atoms with van der Waals surface area (Å²) in [5.41, 5.74) is 1.01. The Morgan fingerprint density at radius 2 is 1.46 bits per heavy atom. The molecule has 1 aromatic heterocycles. The lowest BCUT2D eigenvalue weighted by Gasteiger charge is -2.39. The second-order valence-corrected chi connectivity index (χ2v) is 10.5. The average molecular weight is 556 g/mol. The van der Waals surface area contributed by atoms with Crippen molar-refractivity contribution < 1.29 is 28.8 Å². The largest absolute Gasteiger partial charge is 0.497 e. The summed E-state index contributed by atoms with van der Waals surface area (Å²) in [6, 6.07) is 28.7. The summed E-state index contributed by atoms with van der Waals surface area (Å²) in [4.78, 5) is 12.7. The summed E-state index contributed by atoms with van der Waals surface area (Å²) in [5, 5.41) is 11.4. The number of benzene rings is 3. The van der Waals surface area contributed by atoms with E-state index in [-0.39, 0.29) is 18.8 Å². The third kappa shape index (κ3) is 4.63. The van der Waals surface area contributed by atoms with Crippen molar-refractivity contribution in [1.82, 2.24) is 4.57 Å². The van der Waals surface area contributed by atoms with Crippen LogP contribution in [-0.4, -0.2) is 54.9 Å². The zero-order valence-electron chi connectivity index (χ0n) is 23.2. The van der Waals surface area contributed by atoms with Crippen molar-refractivity contribution in [2.45, 2.75) is 36.6 Å². The van der Waals surface area contributed by atoms with Crippen LogP contribution < -0.4 is 15.0 Å². The van der Waals surface area contributed by atoms with E-state index in [1.54, 1.807) is 26.5 Å². The van der Waals surface area contributed by atoms with Gasteiger partial charge >= 0.3 is 0 Å². The van der Waals surface area contributed by atoms with Crippen LogP contribution in [0.5, 0.6) is 11.5 Å². The molecule has 2 fully saturated rings. The number of methoxy groups -OCH3 is 2. The highest BCUT2D eigenvalue weighted by Gasteiger charge is 2.62. The van der Waals surface area contributed by atoms with Gasteiger partial charge < -0.3 is 28.8 Å². The van der Waals surface area contributed by atoms with Crippen LogP contribution in [0.25, 0.3) is 0 Å². The molecule has 0 aliphatic carbocycles. The molecule has 2 aliphatic heterocycles. The van der Waals surface area contributed by atoms with Crippen LogP contribution in [0.15, 0.2) is 102 Å². The first-order valence-corrected chi connectivity index (χ1v) is 13.5. The molecule has 0 spiro atoms. The molecule has 8 heteroatoms. The van der Waals surface area contributed by atoms with Crippen LogP contribution >= 0.6 is 0 Å². The number of aryl methyl sites for hydroxylation is 1. The van der Waals surface area contributed by atoms with Crippen molar-refractivity contribution in [2.24, 2.45) is 0 Å². The van der Waals surface area contributed by atoms with Crippen LogP contribution in [0.1, 0.15) is 28.5 Å². The average Bonchev–Trinajstić information content (AvgIpc) is 3.48. The van der Waals surface area contributed by atoms with Gasteiger partial charge in [-0.05, 0) is 53.4 Å². The minimum absolute atomic E-state index is 0.00527. The predicted molar refractivity (Wildman–Crippen MR) is 152 cm³/mol. The van der Waals surface area contributed by atoms with E-state index in [0.29, 0.717) is 0 Å². The predicted octanol–water partition coefficient (Wildman–Crippen LogP) is 4.21. The minimum atomic E-state index is -1.18. The summed E-state index contributed by atoms with van der Waals surface area (Å²) in [6.07, 6.45) is -0.754. The van der Waals surface area contributed by atoms with Gasteiger partial charge in [-0.2, -0.15) is 0 Å². The van der Waals surface area contributed by atoms with E-state index in [2.05, 4.69) is 0 Å². The number of pyridine rings is 1. The van der Waals surface area contributed by atoms with Crippen molar-refractivity contribution in [3.05, 3.63) is 130 Å². The highest BCUT2D eigenvalue weighted by atomic mass is 16.7. The number of nitrogens with zero attached hydrogens (tertiary/aromatic N) is 1. The molecule has 0 radical (unpaired) electrons. The van der Waals surface area contributed by atoms with Gasteiger partial charge in [-0.1, -0.05) is 60.7 Å². The number of aromatic nitrogens is 1. The van der Waals surface area contributed by atoms with Crippen LogP contribution in [0.4, 0.5) is 0 Å². The number of aliphatic hydroxyl groups excluding tert-OH is 1. The maximum Gasteiger partial charge on any atom is 0.252 e. The Kier molecular flexibility index (Phi) is 7.17. The van der Waals surface area contributed by atoms with Crippen molar-refractivity contribution in [1.29, 1.82) is 0 Å². The molecule has 4 atom stereocenters. The smallest absolute Gasteiger partial charge is 0.252 e. The van der Waals surface area contributed by atoms with Crippen LogP contribution in [0.2, 0.25) is 0 Å². The molecule has 2 bridgehead atoms. The molecule has 3 heterocycles. The standard InChI is InChI=1S/C33H33NO7/c1-22-9-18-28(35)34(19-22)31-29-30(36)32(41-31,20-39-29)21-40-33(23-7-5-4-6-8-23,24-10-14-26(37-2)15-11-24)25-12-16-27(38-3)17-13-25/h4-19,29-31,36H,20-21H2,1-3H3/t29-,30+,31-,32-/m1/s1. The van der Waals surface area contributed by atoms with E-state index in [4.69, 9.17) is 23.7 Å². The maximum absolute atomic E-state index is 12.7. The molecule has 8 nitrogen and oxygen atoms in total. The Hall–Kier alpha value is -3.95. The van der Waals surface area contributed by atoms with Gasteiger partial charge in [0, 0.05) is 12.3 Å². The molecule has 0 unspecified atom stereocenters. The Labute approximate surface area is 238 Å². The highest BCUT2D eigenvalue weighted by molar-refractivity contribution is 5.49. The molecule has 1 N–H and O–H groups in total. The molecule has 41 heavy (non-hydrogen) atoms. The van der Waals surface area contributed by atoms with Crippen LogP contribution in [0, 0.1) is 6.92 Å². The fraction of sp³-hybridized carbons (Fsp3) is 0.303. The Balaban J connectivity index is 1.44. The lowest BCUT2D eigenvalue weighted by Crippen LogP contribution is -2.48. The van der Waals surface area contributed by atoms with E-state index >= 15 is 0 Å². The van der Waals surface area contributed by atoms with E-state index in [9.17, 15) is 9.90 Å². The topological polar surface area (TPSA) is 88.4 Å². The van der Waals surface area contributed by atoms with Gasteiger partial charge in [0.05, 0.1) is 27.4 Å². The summed E-state index contributed by atoms with van der Waals surface area (Å²) in [5.74, 6) is 1.44. The SMILES string of the molecule is COc1ccc(C(OC[C@@]23CO[C@@H]([C@H](n4cc(C)ccc4=O)O2)[C@@H]3O)(c2ccccc2)c2ccc(OC)cc2)cc1. The Morgan fingerprint density at radius 1 is 0.878 bits per heavy atom. The lowest BCUT2D eigenvalue weighted by molar-refractivity contribution is -0.204. The quantitative estimate of drug-likeness (QED) is 0.310. The van der Waals surface area contributed by atoms with Gasteiger partial charge in [-0.3, -0.25) is 9.36 Å². The van der Waals surface area contributed by atoms with E-state index in [1.807, 2.05) is 85.8 Å². The first-order valence-electron chi connectivity index (χ1n) is 13.5. The van der Waals surface area contributed by atoms with E-state index in [0.717, 1.165) is 33.8 Å². The van der Waals surface area contributed by atoms with Crippen molar-refractivity contribution in [2.75, 3.05) is 27.4 Å². The fourth-order valence-electron chi connectivity index (χ4n) is 5.86. The summed E-state index contributed by atoms with van der Waals surface area (Å²) in [7, 11) is 3.26. The summed E-state index contributed by atoms with van der Waals surface area (Å²) >= 11 is 0. The lowest BCUT2D eigenvalue weighted by atomic mass is 9.79. The molecular formula is C33H33NO7. The van der Waals surface area contributed by atoms with E-state index in [1.165, 1.54) is 10.6 Å². The van der Waals surface area contributed by atoms with Gasteiger partial charge in [-0.25, -0.2) is 0 Å². The summed E-state index contributed by atoms with van der Waals surface area (Å²) < 4.78 is 31.9. The number of aliphatic hydroxyl groups is 1. The minimum Gasteiger partial charge on any atom is -0.497 e. The molecule has 212 valence electrons. The first kappa shape index (κ1) is 27.2. The zero-order valence-corrected chi connectivity index (χ0v) is 23.2. The highest BCUT2D eigenvalue weighted by Crippen LogP contribution is 2.48. The van der Waals surface area contributed by atoms with Gasteiger partial charge in [0.15, 0.2) is 6.23 Å². The van der Waals surface area contributed by atoms with Crippen LogP contribution in [-0.2, 0) is 19.8 Å². The van der Waals surface area contributed by atoms with Crippen molar-refractivity contribution >= 4 is 0 Å². The maximum atomic E-state index is 12.7. The normalized spacial score (nSPS) is 23.5. The number of fused-ring (bicyclic) bond motifs is 2. The second-order valence-electron chi connectivity index (χ2n) is 10.5. The molecular weight excluding hydrogens is 522 g/mol. The summed E-state index contributed by atoms with van der Waals surface area (Å²) in [6.45, 7) is 2.03. The van der Waals surface area contributed by atoms with Crippen molar-refractivity contribution in [3.63, 3.8) is 0 Å². The van der Waals surface area contributed by atoms with Crippen molar-refractivity contribution in [3.8, 4) is 11.5 Å². The van der Waals surface area contributed by atoms with Gasteiger partial charge in [0.1, 0.15) is 34.9 Å². The monoisotopic (exact) mass is 555 g/mol. The van der Waals surface area contributed by atoms with Gasteiger partial charge in [0.2, 0.25) is 0 Å². The number of hydrogen-bond acceptors (Lipinski definition) is 7. The third-order valence-corrected chi connectivity index (χ3v) is 8.07. The third-order valence-electron chi connectivity index (χ3n) is 8.07. The Morgan fingerprint density at radius 3 is 2.05 bits per heavy atom. The molecule has 6 rings (SSSR count). The molecule has 3 aromatic carbocycles. The zero-order chi connectivity index (χ0) is 28.6. The number of rotatable bonds is 9. The fourth-order valence-corrected chi connectivity index (χ4v) is 5.86. The molecule has 0 saturated carbocycles. The molecule has 4 aromatic rings. The molecule has 2 aliphatic rings. The number of ether oxygens (including phenoxy) is 5. The van der Waals surface area contributed by atoms with Gasteiger partial charge in [-0.15, -0.1) is 0 Å². The Bertz CT molecular complexity index is 1500. The van der Waals surface area contributed by atoms with E-state index < -0.39 is 29.6 Å². The van der Waals surface area contributed by atoms with Crippen LogP contribution in [0.3, 0.4) is 0 Å². The number of hydrogen-bond donors (Lipinski definition) is 1. The molecule has 2 saturated heterocycles. The molecule has 0 amide bonds. The second kappa shape index (κ2) is 10.8. The van der Waals surface area contributed by atoms with Gasteiger partial charge in [0.25, 0.3) is 5.56 Å².